The van der Waals surface area contributed by atoms with Crippen LogP contribution in [0.15, 0.2) is 35.7 Å². The maximum absolute atomic E-state index is 12.9. The van der Waals surface area contributed by atoms with Gasteiger partial charge in [0, 0.05) is 4.88 Å². The maximum atomic E-state index is 12.9. The number of amides is 3. The Morgan fingerprint density at radius 2 is 2.03 bits per heavy atom. The smallest absolute Gasteiger partial charge is 0.251 e. The molecule has 1 aliphatic carbocycles. The molecule has 3 N–H and O–H groups in total. The SMILES string of the molecule is CC1CCc2c(sc(NC(=O)CN3C(=O)CSC=C3c3ccccc3)c2C(N)=O)C1. The van der Waals surface area contributed by atoms with Gasteiger partial charge in [-0.1, -0.05) is 37.3 Å². The number of hydrogen-bond donors (Lipinski definition) is 2. The van der Waals surface area contributed by atoms with E-state index < -0.39 is 5.91 Å². The van der Waals surface area contributed by atoms with Gasteiger partial charge in [0.05, 0.1) is 17.0 Å². The van der Waals surface area contributed by atoms with E-state index in [1.54, 1.807) is 0 Å². The van der Waals surface area contributed by atoms with Crippen molar-refractivity contribution in [3.63, 3.8) is 0 Å². The summed E-state index contributed by atoms with van der Waals surface area (Å²) in [6, 6.07) is 9.53. The summed E-state index contributed by atoms with van der Waals surface area (Å²) in [5.74, 6) is -0.145. The molecule has 1 aromatic heterocycles. The molecule has 30 heavy (non-hydrogen) atoms. The second-order valence-corrected chi connectivity index (χ2v) is 9.59. The largest absolute Gasteiger partial charge is 0.365 e. The van der Waals surface area contributed by atoms with Crippen molar-refractivity contribution in [2.24, 2.45) is 11.7 Å². The van der Waals surface area contributed by atoms with E-state index in [2.05, 4.69) is 12.2 Å². The summed E-state index contributed by atoms with van der Waals surface area (Å²) >= 11 is 2.85. The highest BCUT2D eigenvalue weighted by molar-refractivity contribution is 8.03. The van der Waals surface area contributed by atoms with E-state index in [9.17, 15) is 14.4 Å². The summed E-state index contributed by atoms with van der Waals surface area (Å²) in [5, 5.41) is 5.26. The summed E-state index contributed by atoms with van der Waals surface area (Å²) in [6.45, 7) is 2.07. The average molecular weight is 442 g/mol. The van der Waals surface area contributed by atoms with Gasteiger partial charge in [-0.2, -0.15) is 0 Å². The molecule has 3 amide bonds. The summed E-state index contributed by atoms with van der Waals surface area (Å²) in [5.41, 5.74) is 8.62. The maximum Gasteiger partial charge on any atom is 0.251 e. The minimum atomic E-state index is -0.521. The number of thiophene rings is 1. The summed E-state index contributed by atoms with van der Waals surface area (Å²) in [7, 11) is 0. The molecule has 0 saturated heterocycles. The number of hydrogen-bond acceptors (Lipinski definition) is 5. The molecule has 2 aliphatic rings. The lowest BCUT2D eigenvalue weighted by Crippen LogP contribution is -2.39. The fraction of sp³-hybridized carbons (Fsp3) is 0.318. The van der Waals surface area contributed by atoms with Gasteiger partial charge in [-0.15, -0.1) is 23.1 Å². The normalized spacial score (nSPS) is 18.6. The first-order chi connectivity index (χ1) is 14.4. The van der Waals surface area contributed by atoms with Gasteiger partial charge in [-0.25, -0.2) is 0 Å². The molecular weight excluding hydrogens is 418 g/mol. The van der Waals surface area contributed by atoms with Crippen molar-refractivity contribution < 1.29 is 14.4 Å². The standard InChI is InChI=1S/C22H23N3O3S2/c1-13-7-8-15-17(9-13)30-22(20(15)21(23)28)24-18(26)10-25-16(11-29-12-19(25)27)14-5-3-2-4-6-14/h2-6,11,13H,7-10,12H2,1H3,(H2,23,28)(H,24,26). The van der Waals surface area contributed by atoms with Gasteiger partial charge in [0.2, 0.25) is 11.8 Å². The van der Waals surface area contributed by atoms with Crippen molar-refractivity contribution in [3.8, 4) is 0 Å². The Kier molecular flexibility index (Phi) is 5.97. The van der Waals surface area contributed by atoms with Crippen molar-refractivity contribution in [1.29, 1.82) is 0 Å². The molecule has 1 aliphatic heterocycles. The lowest BCUT2D eigenvalue weighted by atomic mass is 9.88. The molecule has 0 saturated carbocycles. The third kappa shape index (κ3) is 4.15. The Hall–Kier alpha value is -2.58. The van der Waals surface area contributed by atoms with Gasteiger partial charge in [0.1, 0.15) is 11.5 Å². The number of carbonyl (C=O) groups is 3. The van der Waals surface area contributed by atoms with Crippen LogP contribution in [0.3, 0.4) is 0 Å². The molecular formula is C22H23N3O3S2. The number of rotatable bonds is 5. The fourth-order valence-corrected chi connectivity index (χ4v) is 6.12. The number of thioether (sulfide) groups is 1. The van der Waals surface area contributed by atoms with E-state index in [1.807, 2.05) is 35.7 Å². The monoisotopic (exact) mass is 441 g/mol. The van der Waals surface area contributed by atoms with Crippen LogP contribution in [0.1, 0.15) is 39.7 Å². The average Bonchev–Trinajstić information content (AvgIpc) is 3.07. The van der Waals surface area contributed by atoms with Crippen LogP contribution in [0, 0.1) is 5.92 Å². The second-order valence-electron chi connectivity index (χ2n) is 7.63. The summed E-state index contributed by atoms with van der Waals surface area (Å²) in [6.07, 6.45) is 2.69. The first kappa shape index (κ1) is 20.7. The number of primary amides is 1. The summed E-state index contributed by atoms with van der Waals surface area (Å²) in [4.78, 5) is 40.1. The molecule has 1 unspecified atom stereocenters. The minimum Gasteiger partial charge on any atom is -0.365 e. The second kappa shape index (κ2) is 8.65. The van der Waals surface area contributed by atoms with E-state index in [-0.39, 0.29) is 18.4 Å². The number of nitrogens with zero attached hydrogens (tertiary/aromatic N) is 1. The molecule has 4 rings (SSSR count). The number of fused-ring (bicyclic) bond motifs is 1. The van der Waals surface area contributed by atoms with Crippen LogP contribution in [0.5, 0.6) is 0 Å². The van der Waals surface area contributed by atoms with Crippen LogP contribution < -0.4 is 11.1 Å². The van der Waals surface area contributed by atoms with Crippen LogP contribution >= 0.6 is 23.1 Å². The molecule has 0 bridgehead atoms. The first-order valence-corrected chi connectivity index (χ1v) is 11.7. The summed E-state index contributed by atoms with van der Waals surface area (Å²) < 4.78 is 0. The predicted molar refractivity (Wildman–Crippen MR) is 121 cm³/mol. The van der Waals surface area contributed by atoms with E-state index in [0.717, 1.165) is 35.3 Å². The van der Waals surface area contributed by atoms with Crippen LogP contribution in [0.4, 0.5) is 5.00 Å². The van der Waals surface area contributed by atoms with Crippen molar-refractivity contribution >= 4 is 51.5 Å². The van der Waals surface area contributed by atoms with Crippen molar-refractivity contribution in [1.82, 2.24) is 4.90 Å². The number of benzene rings is 1. The molecule has 6 nitrogen and oxygen atoms in total. The van der Waals surface area contributed by atoms with Crippen molar-refractivity contribution in [2.75, 3.05) is 17.6 Å². The van der Waals surface area contributed by atoms with E-state index in [4.69, 9.17) is 5.73 Å². The van der Waals surface area contributed by atoms with Crippen molar-refractivity contribution in [2.45, 2.75) is 26.2 Å². The number of anilines is 1. The zero-order valence-corrected chi connectivity index (χ0v) is 18.3. The lowest BCUT2D eigenvalue weighted by Gasteiger charge is -2.28. The predicted octanol–water partition coefficient (Wildman–Crippen LogP) is 3.48. The molecule has 1 aromatic carbocycles. The third-order valence-electron chi connectivity index (χ3n) is 5.38. The number of nitrogens with one attached hydrogen (secondary N) is 1. The highest BCUT2D eigenvalue weighted by Crippen LogP contribution is 2.39. The molecule has 156 valence electrons. The quantitative estimate of drug-likeness (QED) is 0.743. The van der Waals surface area contributed by atoms with Crippen LogP contribution in [0.25, 0.3) is 5.70 Å². The molecule has 2 heterocycles. The fourth-order valence-electron chi connectivity index (χ4n) is 3.88. The van der Waals surface area contributed by atoms with Gasteiger partial charge in [0.15, 0.2) is 0 Å². The van der Waals surface area contributed by atoms with Gasteiger partial charge in [0.25, 0.3) is 5.91 Å². The Morgan fingerprint density at radius 1 is 1.27 bits per heavy atom. The van der Waals surface area contributed by atoms with Crippen LogP contribution in [-0.2, 0) is 22.4 Å². The lowest BCUT2D eigenvalue weighted by molar-refractivity contribution is -0.129. The topological polar surface area (TPSA) is 92.5 Å². The van der Waals surface area contributed by atoms with Crippen molar-refractivity contribution in [3.05, 3.63) is 57.3 Å². The zero-order chi connectivity index (χ0) is 21.3. The zero-order valence-electron chi connectivity index (χ0n) is 16.6. The van der Waals surface area contributed by atoms with Crippen LogP contribution in [-0.4, -0.2) is 34.9 Å². The highest BCUT2D eigenvalue weighted by atomic mass is 32.2. The highest BCUT2D eigenvalue weighted by Gasteiger charge is 2.29. The Bertz CT molecular complexity index is 1030. The Morgan fingerprint density at radius 3 is 2.77 bits per heavy atom. The van der Waals surface area contributed by atoms with E-state index in [0.29, 0.717) is 27.9 Å². The molecule has 0 fully saturated rings. The van der Waals surface area contributed by atoms with Gasteiger partial charge in [-0.05, 0) is 41.7 Å². The minimum absolute atomic E-state index is 0.114. The van der Waals surface area contributed by atoms with E-state index in [1.165, 1.54) is 28.0 Å². The number of carbonyl (C=O) groups excluding carboxylic acids is 3. The Labute approximate surface area is 183 Å². The van der Waals surface area contributed by atoms with Crippen LogP contribution in [0.2, 0.25) is 0 Å². The molecule has 2 aromatic rings. The van der Waals surface area contributed by atoms with Gasteiger partial charge < -0.3 is 16.0 Å². The molecule has 1 atom stereocenters. The van der Waals surface area contributed by atoms with Gasteiger partial charge >= 0.3 is 0 Å². The molecule has 0 spiro atoms. The molecule has 8 heteroatoms. The van der Waals surface area contributed by atoms with E-state index >= 15 is 0 Å². The first-order valence-electron chi connectivity index (χ1n) is 9.85. The van der Waals surface area contributed by atoms with Gasteiger partial charge in [-0.3, -0.25) is 14.4 Å². The number of nitrogens with two attached hydrogens (primary N) is 1. The third-order valence-corrected chi connectivity index (χ3v) is 7.35. The Balaban J connectivity index is 1.56. The molecule has 0 radical (unpaired) electrons.